The average Bonchev–Trinajstić information content (AvgIpc) is 2.33. The Bertz CT molecular complexity index is 288. The summed E-state index contributed by atoms with van der Waals surface area (Å²) in [6.45, 7) is 0. The zero-order chi connectivity index (χ0) is 8.77. The zero-order valence-corrected chi connectivity index (χ0v) is 7.07. The SMILES string of the molecule is Cn1cnc(C2(N)CC(O)C2)c1. The summed E-state index contributed by atoms with van der Waals surface area (Å²) in [5.74, 6) is 0. The van der Waals surface area contributed by atoms with E-state index in [1.54, 1.807) is 6.33 Å². The van der Waals surface area contributed by atoms with Gasteiger partial charge in [-0.1, -0.05) is 0 Å². The van der Waals surface area contributed by atoms with Crippen LogP contribution in [0.3, 0.4) is 0 Å². The molecule has 2 rings (SSSR count). The average molecular weight is 167 g/mol. The summed E-state index contributed by atoms with van der Waals surface area (Å²) >= 11 is 0. The lowest BCUT2D eigenvalue weighted by atomic mass is 9.73. The van der Waals surface area contributed by atoms with E-state index in [2.05, 4.69) is 4.98 Å². The van der Waals surface area contributed by atoms with Crippen molar-refractivity contribution in [3.63, 3.8) is 0 Å². The van der Waals surface area contributed by atoms with Crippen LogP contribution in [0.25, 0.3) is 0 Å². The van der Waals surface area contributed by atoms with Crippen molar-refractivity contribution >= 4 is 0 Å². The number of aromatic nitrogens is 2. The van der Waals surface area contributed by atoms with Gasteiger partial charge in [0.05, 0.1) is 23.7 Å². The van der Waals surface area contributed by atoms with Gasteiger partial charge in [-0.3, -0.25) is 0 Å². The first-order chi connectivity index (χ1) is 5.60. The monoisotopic (exact) mass is 167 g/mol. The lowest BCUT2D eigenvalue weighted by molar-refractivity contribution is 0.0190. The molecule has 1 aromatic heterocycles. The number of hydrogen-bond acceptors (Lipinski definition) is 3. The van der Waals surface area contributed by atoms with Gasteiger partial charge in [0.15, 0.2) is 0 Å². The third-order valence-corrected chi connectivity index (χ3v) is 2.41. The predicted molar refractivity (Wildman–Crippen MR) is 44.3 cm³/mol. The number of rotatable bonds is 1. The fraction of sp³-hybridized carbons (Fsp3) is 0.625. The van der Waals surface area contributed by atoms with E-state index in [1.807, 2.05) is 17.8 Å². The minimum absolute atomic E-state index is 0.239. The fourth-order valence-electron chi connectivity index (χ4n) is 1.66. The first-order valence-corrected chi connectivity index (χ1v) is 4.05. The van der Waals surface area contributed by atoms with Crippen LogP contribution in [0.2, 0.25) is 0 Å². The molecule has 1 saturated carbocycles. The topological polar surface area (TPSA) is 64.1 Å². The Labute approximate surface area is 71.0 Å². The second-order valence-electron chi connectivity index (χ2n) is 3.64. The third kappa shape index (κ3) is 1.04. The van der Waals surface area contributed by atoms with Gasteiger partial charge in [0.1, 0.15) is 0 Å². The Balaban J connectivity index is 2.20. The van der Waals surface area contributed by atoms with E-state index in [0.29, 0.717) is 12.8 Å². The Morgan fingerprint density at radius 3 is 2.83 bits per heavy atom. The van der Waals surface area contributed by atoms with E-state index < -0.39 is 0 Å². The molecule has 1 fully saturated rings. The summed E-state index contributed by atoms with van der Waals surface area (Å²) in [7, 11) is 1.91. The molecule has 0 amide bonds. The van der Waals surface area contributed by atoms with Gasteiger partial charge in [-0.25, -0.2) is 4.98 Å². The van der Waals surface area contributed by atoms with Crippen LogP contribution in [-0.4, -0.2) is 20.8 Å². The van der Waals surface area contributed by atoms with Gasteiger partial charge >= 0.3 is 0 Å². The molecular formula is C8H13N3O. The maximum Gasteiger partial charge on any atom is 0.0947 e. The minimum atomic E-state index is -0.374. The van der Waals surface area contributed by atoms with Gasteiger partial charge in [-0.15, -0.1) is 0 Å². The fourth-order valence-corrected chi connectivity index (χ4v) is 1.66. The maximum absolute atomic E-state index is 9.14. The van der Waals surface area contributed by atoms with Crippen LogP contribution in [0.15, 0.2) is 12.5 Å². The molecule has 0 atom stereocenters. The van der Waals surface area contributed by atoms with Crippen LogP contribution >= 0.6 is 0 Å². The van der Waals surface area contributed by atoms with Crippen molar-refractivity contribution in [1.82, 2.24) is 9.55 Å². The van der Waals surface area contributed by atoms with Crippen LogP contribution in [0.5, 0.6) is 0 Å². The third-order valence-electron chi connectivity index (χ3n) is 2.41. The molecule has 0 saturated heterocycles. The molecule has 4 heteroatoms. The summed E-state index contributed by atoms with van der Waals surface area (Å²) in [4.78, 5) is 4.17. The molecular weight excluding hydrogens is 154 g/mol. The van der Waals surface area contributed by atoms with E-state index in [-0.39, 0.29) is 11.6 Å². The predicted octanol–water partition coefficient (Wildman–Crippen LogP) is -0.271. The maximum atomic E-state index is 9.14. The Kier molecular flexibility index (Phi) is 1.49. The second-order valence-corrected chi connectivity index (χ2v) is 3.64. The van der Waals surface area contributed by atoms with Crippen molar-refractivity contribution < 1.29 is 5.11 Å². The van der Waals surface area contributed by atoms with Gasteiger partial charge in [0, 0.05) is 13.2 Å². The van der Waals surface area contributed by atoms with E-state index in [1.165, 1.54) is 0 Å². The van der Waals surface area contributed by atoms with Crippen LogP contribution in [0.1, 0.15) is 18.5 Å². The Morgan fingerprint density at radius 2 is 2.42 bits per heavy atom. The van der Waals surface area contributed by atoms with Gasteiger partial charge in [-0.2, -0.15) is 0 Å². The van der Waals surface area contributed by atoms with Crippen LogP contribution in [-0.2, 0) is 12.6 Å². The molecule has 0 aliphatic heterocycles. The van der Waals surface area contributed by atoms with Gasteiger partial charge in [0.2, 0.25) is 0 Å². The molecule has 1 aliphatic carbocycles. The number of nitrogens with zero attached hydrogens (tertiary/aromatic N) is 2. The summed E-state index contributed by atoms with van der Waals surface area (Å²) in [6.07, 6.45) is 4.66. The van der Waals surface area contributed by atoms with Crippen molar-refractivity contribution in [1.29, 1.82) is 0 Å². The van der Waals surface area contributed by atoms with E-state index in [0.717, 1.165) is 5.69 Å². The van der Waals surface area contributed by atoms with Crippen LogP contribution < -0.4 is 5.73 Å². The molecule has 1 aromatic rings. The number of aryl methyl sites for hydroxylation is 1. The van der Waals surface area contributed by atoms with Crippen molar-refractivity contribution in [2.45, 2.75) is 24.5 Å². The number of imidazole rings is 1. The number of aliphatic hydroxyl groups excluding tert-OH is 1. The van der Waals surface area contributed by atoms with Crippen molar-refractivity contribution in [2.24, 2.45) is 12.8 Å². The van der Waals surface area contributed by atoms with Crippen molar-refractivity contribution in [3.05, 3.63) is 18.2 Å². The molecule has 1 heterocycles. The highest BCUT2D eigenvalue weighted by Crippen LogP contribution is 2.37. The first-order valence-electron chi connectivity index (χ1n) is 4.05. The molecule has 3 N–H and O–H groups in total. The first kappa shape index (κ1) is 7.76. The number of nitrogens with two attached hydrogens (primary N) is 1. The number of hydrogen-bond donors (Lipinski definition) is 2. The van der Waals surface area contributed by atoms with Gasteiger partial charge in [0.25, 0.3) is 0 Å². The Hall–Kier alpha value is -0.870. The zero-order valence-electron chi connectivity index (χ0n) is 7.07. The number of aliphatic hydroxyl groups is 1. The van der Waals surface area contributed by atoms with Crippen LogP contribution in [0.4, 0.5) is 0 Å². The highest BCUT2D eigenvalue weighted by molar-refractivity contribution is 5.17. The molecule has 0 aromatic carbocycles. The standard InChI is InChI=1S/C8H13N3O/c1-11-4-7(10-5-11)8(9)2-6(12)3-8/h4-6,12H,2-3,9H2,1H3. The lowest BCUT2D eigenvalue weighted by Crippen LogP contribution is -2.51. The largest absolute Gasteiger partial charge is 0.393 e. The van der Waals surface area contributed by atoms with Gasteiger partial charge < -0.3 is 15.4 Å². The molecule has 0 spiro atoms. The molecule has 0 bridgehead atoms. The summed E-state index contributed by atoms with van der Waals surface area (Å²) < 4.78 is 1.87. The highest BCUT2D eigenvalue weighted by Gasteiger charge is 2.42. The lowest BCUT2D eigenvalue weighted by Gasteiger charge is -2.40. The van der Waals surface area contributed by atoms with E-state index in [9.17, 15) is 0 Å². The summed E-state index contributed by atoms with van der Waals surface area (Å²) in [5, 5.41) is 9.14. The molecule has 0 radical (unpaired) electrons. The summed E-state index contributed by atoms with van der Waals surface area (Å²) in [6, 6.07) is 0. The quantitative estimate of drug-likeness (QED) is 0.605. The molecule has 66 valence electrons. The highest BCUT2D eigenvalue weighted by atomic mass is 16.3. The van der Waals surface area contributed by atoms with Crippen LogP contribution in [0, 0.1) is 0 Å². The molecule has 1 aliphatic rings. The van der Waals surface area contributed by atoms with E-state index in [4.69, 9.17) is 10.8 Å². The van der Waals surface area contributed by atoms with E-state index >= 15 is 0 Å². The smallest absolute Gasteiger partial charge is 0.0947 e. The molecule has 12 heavy (non-hydrogen) atoms. The summed E-state index contributed by atoms with van der Waals surface area (Å²) in [5.41, 5.74) is 6.50. The van der Waals surface area contributed by atoms with Crippen molar-refractivity contribution in [3.8, 4) is 0 Å². The second kappa shape index (κ2) is 2.31. The van der Waals surface area contributed by atoms with Crippen molar-refractivity contribution in [2.75, 3.05) is 0 Å². The normalized spacial score (nSPS) is 34.8. The molecule has 0 unspecified atom stereocenters. The Morgan fingerprint density at radius 1 is 1.75 bits per heavy atom. The molecule has 4 nitrogen and oxygen atoms in total. The minimum Gasteiger partial charge on any atom is -0.393 e. The van der Waals surface area contributed by atoms with Gasteiger partial charge in [-0.05, 0) is 12.8 Å².